The number of methoxy groups -OCH3 is 1. The Kier molecular flexibility index (Phi) is 5.49. The van der Waals surface area contributed by atoms with Crippen LogP contribution in [-0.4, -0.2) is 42.5 Å². The minimum absolute atomic E-state index is 0.0258. The quantitative estimate of drug-likeness (QED) is 0.683. The molecule has 1 fully saturated rings. The van der Waals surface area contributed by atoms with Crippen molar-refractivity contribution in [2.45, 2.75) is 38.5 Å². The smallest absolute Gasteiger partial charge is 0.416 e. The first kappa shape index (κ1) is 20.7. The van der Waals surface area contributed by atoms with Crippen LogP contribution in [0.25, 0.3) is 0 Å². The molecule has 30 heavy (non-hydrogen) atoms. The summed E-state index contributed by atoms with van der Waals surface area (Å²) in [5.74, 6) is 0.403. The summed E-state index contributed by atoms with van der Waals surface area (Å²) in [7, 11) is 1.56. The molecule has 160 valence electrons. The summed E-state index contributed by atoms with van der Waals surface area (Å²) in [5, 5.41) is 0. The van der Waals surface area contributed by atoms with Crippen molar-refractivity contribution in [3.63, 3.8) is 0 Å². The number of benzene rings is 2. The number of alkyl halides is 3. The van der Waals surface area contributed by atoms with Crippen LogP contribution in [-0.2, 0) is 19.3 Å². The second-order valence-corrected chi connectivity index (χ2v) is 8.06. The molecule has 4 rings (SSSR count). The summed E-state index contributed by atoms with van der Waals surface area (Å²) < 4.78 is 46.6. The van der Waals surface area contributed by atoms with Gasteiger partial charge in [0.1, 0.15) is 5.75 Å². The molecule has 0 unspecified atom stereocenters. The van der Waals surface area contributed by atoms with Crippen molar-refractivity contribution >= 4 is 5.91 Å². The number of halogens is 3. The van der Waals surface area contributed by atoms with Crippen LogP contribution in [0.3, 0.4) is 0 Å². The average molecular weight is 418 g/mol. The summed E-state index contributed by atoms with van der Waals surface area (Å²) in [6, 6.07) is 10.2. The van der Waals surface area contributed by atoms with E-state index in [2.05, 4.69) is 11.8 Å². The molecular weight excluding hydrogens is 393 g/mol. The van der Waals surface area contributed by atoms with Gasteiger partial charge in [0.25, 0.3) is 5.91 Å². The fraction of sp³-hybridized carbons (Fsp3) is 0.435. The van der Waals surface area contributed by atoms with E-state index in [0.29, 0.717) is 11.3 Å². The highest BCUT2D eigenvalue weighted by Gasteiger charge is 2.41. The van der Waals surface area contributed by atoms with Gasteiger partial charge in [-0.1, -0.05) is 19.1 Å². The molecular formula is C23H25F3N2O2. The highest BCUT2D eigenvalue weighted by molar-refractivity contribution is 5.99. The molecule has 0 spiro atoms. The first-order chi connectivity index (χ1) is 14.3. The number of hydrogen-bond donors (Lipinski definition) is 0. The van der Waals surface area contributed by atoms with Crippen LogP contribution in [0.1, 0.15) is 51.9 Å². The molecule has 2 aromatic carbocycles. The minimum Gasteiger partial charge on any atom is -0.497 e. The van der Waals surface area contributed by atoms with Gasteiger partial charge in [-0.15, -0.1) is 0 Å². The van der Waals surface area contributed by atoms with Gasteiger partial charge in [0.05, 0.1) is 12.7 Å². The van der Waals surface area contributed by atoms with Gasteiger partial charge in [0.15, 0.2) is 0 Å². The molecule has 2 aliphatic heterocycles. The van der Waals surface area contributed by atoms with Crippen molar-refractivity contribution in [3.8, 4) is 5.75 Å². The summed E-state index contributed by atoms with van der Waals surface area (Å²) in [4.78, 5) is 16.7. The lowest BCUT2D eigenvalue weighted by Gasteiger charge is -2.39. The third-order valence-electron chi connectivity index (χ3n) is 5.95. The zero-order valence-electron chi connectivity index (χ0n) is 17.1. The minimum atomic E-state index is -4.48. The lowest BCUT2D eigenvalue weighted by atomic mass is 9.87. The normalized spacial score (nSPS) is 17.2. The number of ether oxygens (including phenoxy) is 1. The Labute approximate surface area is 174 Å². The van der Waals surface area contributed by atoms with E-state index in [0.717, 1.165) is 31.6 Å². The van der Waals surface area contributed by atoms with E-state index in [9.17, 15) is 18.0 Å². The van der Waals surface area contributed by atoms with Crippen molar-refractivity contribution in [1.82, 2.24) is 9.80 Å². The van der Waals surface area contributed by atoms with Crippen molar-refractivity contribution < 1.29 is 22.7 Å². The van der Waals surface area contributed by atoms with Crippen LogP contribution in [0.5, 0.6) is 5.75 Å². The summed E-state index contributed by atoms with van der Waals surface area (Å²) in [6.07, 6.45) is -3.47. The fourth-order valence-electron chi connectivity index (χ4n) is 4.34. The van der Waals surface area contributed by atoms with E-state index in [1.807, 2.05) is 12.1 Å². The Hall–Kier alpha value is -2.54. The molecule has 1 amide bonds. The van der Waals surface area contributed by atoms with Gasteiger partial charge >= 0.3 is 6.18 Å². The maximum absolute atomic E-state index is 13.8. The van der Waals surface area contributed by atoms with Crippen molar-refractivity contribution in [3.05, 3.63) is 64.2 Å². The van der Waals surface area contributed by atoms with Gasteiger partial charge in [-0.25, -0.2) is 0 Å². The first-order valence-electron chi connectivity index (χ1n) is 10.2. The summed E-state index contributed by atoms with van der Waals surface area (Å²) in [5.41, 5.74) is 1.08. The molecule has 2 heterocycles. The van der Waals surface area contributed by atoms with E-state index in [4.69, 9.17) is 4.74 Å². The van der Waals surface area contributed by atoms with Crippen LogP contribution < -0.4 is 4.74 Å². The predicted octanol–water partition coefficient (Wildman–Crippen LogP) is 4.68. The molecule has 0 bridgehead atoms. The Morgan fingerprint density at radius 3 is 2.43 bits per heavy atom. The molecule has 1 saturated heterocycles. The molecule has 0 radical (unpaired) electrons. The molecule has 0 atom stereocenters. The SMILES string of the molecule is CCCN1CC(c2cc3c(c(C(F)(F)F)c2)CN(Cc2ccc(OC)cc2)C3=O)C1. The van der Waals surface area contributed by atoms with Gasteiger partial charge in [-0.05, 0) is 53.9 Å². The monoisotopic (exact) mass is 418 g/mol. The molecule has 0 saturated carbocycles. The second-order valence-electron chi connectivity index (χ2n) is 8.06. The van der Waals surface area contributed by atoms with Gasteiger partial charge in [0, 0.05) is 37.7 Å². The topological polar surface area (TPSA) is 32.8 Å². The van der Waals surface area contributed by atoms with Crippen LogP contribution >= 0.6 is 0 Å². The molecule has 0 aromatic heterocycles. The van der Waals surface area contributed by atoms with E-state index in [-0.39, 0.29) is 36.0 Å². The maximum atomic E-state index is 13.8. The third kappa shape index (κ3) is 3.90. The average Bonchev–Trinajstić information content (AvgIpc) is 2.99. The number of fused-ring (bicyclic) bond motifs is 1. The molecule has 0 N–H and O–H groups in total. The summed E-state index contributed by atoms with van der Waals surface area (Å²) in [6.45, 7) is 4.75. The number of likely N-dealkylation sites (tertiary alicyclic amines) is 1. The number of carbonyl (C=O) groups excluding carboxylic acids is 1. The Bertz CT molecular complexity index is 935. The Balaban J connectivity index is 1.60. The molecule has 2 aromatic rings. The lowest BCUT2D eigenvalue weighted by molar-refractivity contribution is -0.138. The van der Waals surface area contributed by atoms with Gasteiger partial charge in [-0.2, -0.15) is 13.2 Å². The van der Waals surface area contributed by atoms with E-state index in [1.54, 1.807) is 25.3 Å². The van der Waals surface area contributed by atoms with Gasteiger partial charge in [-0.3, -0.25) is 4.79 Å². The van der Waals surface area contributed by atoms with Crippen LogP contribution in [0.15, 0.2) is 36.4 Å². The van der Waals surface area contributed by atoms with E-state index < -0.39 is 11.7 Å². The molecule has 2 aliphatic rings. The number of carbonyl (C=O) groups is 1. The van der Waals surface area contributed by atoms with Crippen molar-refractivity contribution in [2.24, 2.45) is 0 Å². The van der Waals surface area contributed by atoms with E-state index in [1.165, 1.54) is 11.0 Å². The van der Waals surface area contributed by atoms with Crippen molar-refractivity contribution in [1.29, 1.82) is 0 Å². The number of hydrogen-bond acceptors (Lipinski definition) is 3. The lowest BCUT2D eigenvalue weighted by Crippen LogP contribution is -2.45. The van der Waals surface area contributed by atoms with Gasteiger partial charge in [0.2, 0.25) is 0 Å². The highest BCUT2D eigenvalue weighted by Crippen LogP contribution is 2.41. The number of rotatable bonds is 6. The zero-order chi connectivity index (χ0) is 21.5. The van der Waals surface area contributed by atoms with Crippen LogP contribution in [0, 0.1) is 0 Å². The Morgan fingerprint density at radius 1 is 1.13 bits per heavy atom. The largest absolute Gasteiger partial charge is 0.497 e. The van der Waals surface area contributed by atoms with Crippen LogP contribution in [0.2, 0.25) is 0 Å². The zero-order valence-corrected chi connectivity index (χ0v) is 17.1. The highest BCUT2D eigenvalue weighted by atomic mass is 19.4. The summed E-state index contributed by atoms with van der Waals surface area (Å²) >= 11 is 0. The standard InChI is InChI=1S/C23H25F3N2O2/c1-3-8-27-12-17(13-27)16-9-19-20(21(10-16)23(24,25)26)14-28(22(19)29)11-15-4-6-18(30-2)7-5-15/h4-7,9-10,17H,3,8,11-14H2,1-2H3. The van der Waals surface area contributed by atoms with Gasteiger partial charge < -0.3 is 14.5 Å². The predicted molar refractivity (Wildman–Crippen MR) is 107 cm³/mol. The Morgan fingerprint density at radius 2 is 1.83 bits per heavy atom. The number of amides is 1. The fourth-order valence-corrected chi connectivity index (χ4v) is 4.34. The van der Waals surface area contributed by atoms with Crippen LogP contribution in [0.4, 0.5) is 13.2 Å². The molecule has 4 nitrogen and oxygen atoms in total. The molecule has 7 heteroatoms. The maximum Gasteiger partial charge on any atom is 0.416 e. The van der Waals surface area contributed by atoms with E-state index >= 15 is 0 Å². The molecule has 0 aliphatic carbocycles. The third-order valence-corrected chi connectivity index (χ3v) is 5.95. The number of nitrogens with zero attached hydrogens (tertiary/aromatic N) is 2. The van der Waals surface area contributed by atoms with Crippen molar-refractivity contribution in [2.75, 3.05) is 26.7 Å². The first-order valence-corrected chi connectivity index (χ1v) is 10.2. The second kappa shape index (κ2) is 7.95.